The van der Waals surface area contributed by atoms with Gasteiger partial charge in [0.2, 0.25) is 5.91 Å². The van der Waals surface area contributed by atoms with Crippen LogP contribution in [-0.2, 0) is 16.0 Å². The Morgan fingerprint density at radius 1 is 1.43 bits per heavy atom. The molecule has 1 aromatic carbocycles. The van der Waals surface area contributed by atoms with E-state index in [9.17, 15) is 9.59 Å². The minimum atomic E-state index is -0.483. The minimum Gasteiger partial charge on any atom is -0.453 e. The first-order valence-corrected chi connectivity index (χ1v) is 7.08. The zero-order valence-corrected chi connectivity index (χ0v) is 13.0. The normalized spacial score (nSPS) is 16.4. The molecule has 114 valence electrons. The second kappa shape index (κ2) is 5.76. The quantitative estimate of drug-likeness (QED) is 0.929. The molecule has 1 aliphatic rings. The molecule has 0 bridgehead atoms. The van der Waals surface area contributed by atoms with Gasteiger partial charge in [-0.3, -0.25) is 4.79 Å². The monoisotopic (exact) mass is 290 g/mol. The molecule has 1 aromatic rings. The molecule has 0 aliphatic carbocycles. The van der Waals surface area contributed by atoms with Crippen LogP contribution in [0.2, 0.25) is 0 Å². The summed E-state index contributed by atoms with van der Waals surface area (Å²) in [5.41, 5.74) is 2.88. The molecule has 2 amide bonds. The van der Waals surface area contributed by atoms with E-state index in [1.54, 1.807) is 4.90 Å². The lowest BCUT2D eigenvalue weighted by atomic mass is 9.80. The van der Waals surface area contributed by atoms with E-state index >= 15 is 0 Å². The first-order valence-electron chi connectivity index (χ1n) is 7.08. The lowest BCUT2D eigenvalue weighted by Gasteiger charge is -2.38. The summed E-state index contributed by atoms with van der Waals surface area (Å²) in [6.45, 7) is 6.77. The highest BCUT2D eigenvalue weighted by Crippen LogP contribution is 2.37. The van der Waals surface area contributed by atoms with Gasteiger partial charge in [0.25, 0.3) is 0 Å². The van der Waals surface area contributed by atoms with Crippen LogP contribution in [0.3, 0.4) is 0 Å². The molecular formula is C16H22N2O3. The first-order chi connectivity index (χ1) is 9.85. The number of benzene rings is 1. The number of methoxy groups -OCH3 is 1. The van der Waals surface area contributed by atoms with Crippen molar-refractivity contribution >= 4 is 17.7 Å². The average molecular weight is 290 g/mol. The van der Waals surface area contributed by atoms with Crippen molar-refractivity contribution in [3.63, 3.8) is 0 Å². The fraction of sp³-hybridized carbons (Fsp3) is 0.500. The van der Waals surface area contributed by atoms with Crippen LogP contribution in [-0.4, -0.2) is 32.2 Å². The molecule has 5 nitrogen and oxygen atoms in total. The van der Waals surface area contributed by atoms with E-state index in [0.717, 1.165) is 12.1 Å². The van der Waals surface area contributed by atoms with Crippen molar-refractivity contribution in [1.29, 1.82) is 0 Å². The summed E-state index contributed by atoms with van der Waals surface area (Å²) in [4.78, 5) is 25.5. The maximum absolute atomic E-state index is 12.6. The summed E-state index contributed by atoms with van der Waals surface area (Å²) in [5, 5.41) is 2.61. The van der Waals surface area contributed by atoms with E-state index in [2.05, 4.69) is 16.1 Å². The van der Waals surface area contributed by atoms with Crippen LogP contribution in [0.1, 0.15) is 25.0 Å². The number of ether oxygens (including phenoxy) is 1. The number of amides is 2. The molecule has 1 N–H and O–H groups in total. The number of fused-ring (bicyclic) bond motifs is 1. The van der Waals surface area contributed by atoms with E-state index in [-0.39, 0.29) is 5.91 Å². The Balaban J connectivity index is 2.22. The van der Waals surface area contributed by atoms with Gasteiger partial charge in [-0.1, -0.05) is 31.5 Å². The summed E-state index contributed by atoms with van der Waals surface area (Å²) in [6.07, 6.45) is 0.256. The van der Waals surface area contributed by atoms with Gasteiger partial charge in [-0.2, -0.15) is 0 Å². The maximum atomic E-state index is 12.6. The molecule has 0 aromatic heterocycles. The third kappa shape index (κ3) is 3.17. The molecule has 1 aliphatic heterocycles. The fourth-order valence-corrected chi connectivity index (χ4v) is 2.71. The molecule has 0 unspecified atom stereocenters. The lowest BCUT2D eigenvalue weighted by molar-refractivity contribution is -0.127. The van der Waals surface area contributed by atoms with Gasteiger partial charge < -0.3 is 15.0 Å². The summed E-state index contributed by atoms with van der Waals surface area (Å²) in [5.74, 6) is 0.0884. The smallest absolute Gasteiger partial charge is 0.406 e. The second-order valence-electron chi connectivity index (χ2n) is 6.07. The number of hydrogen-bond donors (Lipinski definition) is 1. The number of carbonyl (C=O) groups is 2. The number of aryl methyl sites for hydroxylation is 1. The molecule has 21 heavy (non-hydrogen) atoms. The fourth-order valence-electron chi connectivity index (χ4n) is 2.71. The Bertz CT molecular complexity index is 567. The summed E-state index contributed by atoms with van der Waals surface area (Å²) in [6, 6.07) is 6.12. The van der Waals surface area contributed by atoms with Gasteiger partial charge in [0.1, 0.15) is 0 Å². The van der Waals surface area contributed by atoms with E-state index in [1.165, 1.54) is 18.2 Å². The predicted molar refractivity (Wildman–Crippen MR) is 81.4 cm³/mol. The van der Waals surface area contributed by atoms with Gasteiger partial charge in [0.15, 0.2) is 0 Å². The van der Waals surface area contributed by atoms with E-state index in [4.69, 9.17) is 0 Å². The number of nitrogens with one attached hydrogen (secondary N) is 1. The minimum absolute atomic E-state index is 0.0884. The summed E-state index contributed by atoms with van der Waals surface area (Å²) in [7, 11) is 1.32. The van der Waals surface area contributed by atoms with Gasteiger partial charge in [0, 0.05) is 24.2 Å². The largest absolute Gasteiger partial charge is 0.453 e. The van der Waals surface area contributed by atoms with Crippen LogP contribution in [0.4, 0.5) is 10.5 Å². The number of carbonyl (C=O) groups excluding carboxylic acids is 2. The Kier molecular flexibility index (Phi) is 4.21. The van der Waals surface area contributed by atoms with Gasteiger partial charge in [-0.05, 0) is 25.0 Å². The van der Waals surface area contributed by atoms with Crippen molar-refractivity contribution < 1.29 is 14.3 Å². The van der Waals surface area contributed by atoms with Crippen molar-refractivity contribution in [2.45, 2.75) is 27.2 Å². The molecule has 0 radical (unpaired) electrons. The number of alkyl carbamates (subject to hydrolysis) is 1. The molecular weight excluding hydrogens is 268 g/mol. The molecule has 0 saturated heterocycles. The van der Waals surface area contributed by atoms with Crippen molar-refractivity contribution in [3.05, 3.63) is 29.3 Å². The predicted octanol–water partition coefficient (Wildman–Crippen LogP) is 2.27. The molecule has 2 rings (SSSR count). The lowest BCUT2D eigenvalue weighted by Crippen LogP contribution is -2.49. The number of anilines is 1. The van der Waals surface area contributed by atoms with Crippen molar-refractivity contribution in [1.82, 2.24) is 5.32 Å². The third-order valence-corrected chi connectivity index (χ3v) is 3.77. The highest BCUT2D eigenvalue weighted by molar-refractivity contribution is 6.00. The standard InChI is InChI=1S/C16H22N2O3/c1-11-5-6-13-12(9-11)10-16(2,3)14(19)18(13)8-7-17-15(20)21-4/h5-6,9H,7-8,10H2,1-4H3,(H,17,20). The van der Waals surface area contributed by atoms with Gasteiger partial charge in [-0.25, -0.2) is 4.79 Å². The van der Waals surface area contributed by atoms with Crippen LogP contribution >= 0.6 is 0 Å². The number of rotatable bonds is 3. The molecule has 0 saturated carbocycles. The highest BCUT2D eigenvalue weighted by atomic mass is 16.5. The summed E-state index contributed by atoms with van der Waals surface area (Å²) < 4.78 is 4.54. The molecule has 1 heterocycles. The zero-order valence-electron chi connectivity index (χ0n) is 13.0. The Morgan fingerprint density at radius 2 is 2.14 bits per heavy atom. The first kappa shape index (κ1) is 15.4. The van der Waals surface area contributed by atoms with Crippen LogP contribution < -0.4 is 10.2 Å². The average Bonchev–Trinajstić information content (AvgIpc) is 2.42. The van der Waals surface area contributed by atoms with Crippen molar-refractivity contribution in [2.75, 3.05) is 25.1 Å². The number of hydrogen-bond acceptors (Lipinski definition) is 3. The van der Waals surface area contributed by atoms with E-state index < -0.39 is 11.5 Å². The van der Waals surface area contributed by atoms with Gasteiger partial charge >= 0.3 is 6.09 Å². The van der Waals surface area contributed by atoms with Crippen molar-refractivity contribution in [2.24, 2.45) is 5.41 Å². The molecule has 0 spiro atoms. The number of nitrogens with zero attached hydrogens (tertiary/aromatic N) is 1. The maximum Gasteiger partial charge on any atom is 0.406 e. The molecule has 0 atom stereocenters. The third-order valence-electron chi connectivity index (χ3n) is 3.77. The van der Waals surface area contributed by atoms with Gasteiger partial charge in [-0.15, -0.1) is 0 Å². The molecule has 0 fully saturated rings. The van der Waals surface area contributed by atoms with E-state index in [1.807, 2.05) is 32.9 Å². The molecule has 5 heteroatoms. The Hall–Kier alpha value is -2.04. The van der Waals surface area contributed by atoms with Crippen LogP contribution in [0.5, 0.6) is 0 Å². The topological polar surface area (TPSA) is 58.6 Å². The summed E-state index contributed by atoms with van der Waals surface area (Å²) >= 11 is 0. The van der Waals surface area contributed by atoms with Crippen LogP contribution in [0.25, 0.3) is 0 Å². The highest BCUT2D eigenvalue weighted by Gasteiger charge is 2.38. The van der Waals surface area contributed by atoms with Gasteiger partial charge in [0.05, 0.1) is 7.11 Å². The van der Waals surface area contributed by atoms with Crippen LogP contribution in [0, 0.1) is 12.3 Å². The zero-order chi connectivity index (χ0) is 15.6. The van der Waals surface area contributed by atoms with Crippen LogP contribution in [0.15, 0.2) is 18.2 Å². The SMILES string of the molecule is COC(=O)NCCN1C(=O)C(C)(C)Cc2cc(C)ccc21. The Labute approximate surface area is 125 Å². The second-order valence-corrected chi connectivity index (χ2v) is 6.07. The van der Waals surface area contributed by atoms with Crippen molar-refractivity contribution in [3.8, 4) is 0 Å². The van der Waals surface area contributed by atoms with E-state index in [0.29, 0.717) is 13.1 Å². The Morgan fingerprint density at radius 3 is 2.81 bits per heavy atom.